The van der Waals surface area contributed by atoms with Crippen molar-refractivity contribution in [2.75, 3.05) is 13.7 Å². The van der Waals surface area contributed by atoms with E-state index in [2.05, 4.69) is 20.5 Å². The molecule has 63 heavy (non-hydrogen) atoms. The Morgan fingerprint density at radius 2 is 1.86 bits per heavy atom. The van der Waals surface area contributed by atoms with Crippen LogP contribution in [0.2, 0.25) is 0 Å². The Morgan fingerprint density at radius 3 is 2.51 bits per heavy atom. The third-order valence-electron chi connectivity index (χ3n) is 12.9. The first-order valence-electron chi connectivity index (χ1n) is 21.2. The number of nitrogens with zero attached hydrogens (tertiary/aromatic N) is 4. The number of aromatic nitrogens is 3. The summed E-state index contributed by atoms with van der Waals surface area (Å²) in [5.41, 5.74) is -4.08. The Bertz CT molecular complexity index is 2390. The van der Waals surface area contributed by atoms with Gasteiger partial charge in [-0.2, -0.15) is 18.3 Å². The number of carbonyl (C=O) groups excluding carboxylic acids is 4. The minimum absolute atomic E-state index is 0.0473. The smallest absolute Gasteiger partial charge is 0.427 e. The largest absolute Gasteiger partial charge is 0.497 e. The number of alkyl carbamates (subject to hydrolysis) is 1. The number of nitrogens with one attached hydrogen (secondary N) is 3. The van der Waals surface area contributed by atoms with Crippen LogP contribution < -0.4 is 24.8 Å². The molecule has 1 saturated heterocycles. The van der Waals surface area contributed by atoms with Crippen molar-refractivity contribution in [3.63, 3.8) is 0 Å². The number of hydrogen-bond donors (Lipinski definition) is 3. The van der Waals surface area contributed by atoms with Crippen LogP contribution in [-0.4, -0.2) is 106 Å². The Kier molecular flexibility index (Phi) is 12.3. The van der Waals surface area contributed by atoms with E-state index >= 15 is 4.79 Å². The van der Waals surface area contributed by atoms with Crippen molar-refractivity contribution in [2.24, 2.45) is 17.8 Å². The zero-order chi connectivity index (χ0) is 45.7. The van der Waals surface area contributed by atoms with Crippen LogP contribution in [0, 0.1) is 17.8 Å². The van der Waals surface area contributed by atoms with Crippen molar-refractivity contribution < 1.29 is 55.0 Å². The highest BCUT2D eigenvalue weighted by Gasteiger charge is 2.63. The Labute approximate surface area is 363 Å². The maximum absolute atomic E-state index is 15.1. The van der Waals surface area contributed by atoms with Gasteiger partial charge in [-0.15, -0.1) is 0 Å². The van der Waals surface area contributed by atoms with Gasteiger partial charge in [0.25, 0.3) is 5.91 Å². The molecule has 4 heterocycles. The van der Waals surface area contributed by atoms with Gasteiger partial charge in [0.1, 0.15) is 35.2 Å². The number of pyridine rings is 1. The number of ether oxygens (including phenoxy) is 3. The van der Waals surface area contributed by atoms with Crippen LogP contribution in [-0.2, 0) is 29.1 Å². The van der Waals surface area contributed by atoms with Crippen LogP contribution in [0.4, 0.5) is 18.0 Å². The van der Waals surface area contributed by atoms with E-state index in [-0.39, 0.29) is 25.3 Å². The number of sulfonamides is 1. The van der Waals surface area contributed by atoms with Gasteiger partial charge in [0.05, 0.1) is 23.9 Å². The van der Waals surface area contributed by atoms with Crippen molar-refractivity contribution in [1.82, 2.24) is 35.0 Å². The van der Waals surface area contributed by atoms with Gasteiger partial charge in [-0.1, -0.05) is 32.4 Å². The van der Waals surface area contributed by atoms with E-state index in [0.717, 1.165) is 0 Å². The fourth-order valence-electron chi connectivity index (χ4n) is 8.35. The highest BCUT2D eigenvalue weighted by Crippen LogP contribution is 2.48. The minimum Gasteiger partial charge on any atom is -0.497 e. The molecule has 1 aromatic carbocycles. The second-order valence-corrected chi connectivity index (χ2v) is 20.2. The SMILES string of the molecule is CC[C@@H]1C[C@H](C)CC/C=C\[C@@H]2C[C@@]2(C(=O)NS(=O)(=O)C2(C)CC2)NC(=O)C2C[C@@H](Oc3cc(-n4cccn4)nc4cc(OC)ccc34)CN2C(=O)[C@H]1NC(=O)OC(C)(C)C(F)(F)F. The van der Waals surface area contributed by atoms with Gasteiger partial charge in [0, 0.05) is 42.3 Å². The van der Waals surface area contributed by atoms with Gasteiger partial charge in [-0.05, 0) is 89.3 Å². The summed E-state index contributed by atoms with van der Waals surface area (Å²) in [5, 5.41) is 10.1. The Morgan fingerprint density at radius 1 is 1.11 bits per heavy atom. The lowest BCUT2D eigenvalue weighted by atomic mass is 9.85. The molecule has 3 N–H and O–H groups in total. The van der Waals surface area contributed by atoms with E-state index < -0.39 is 85.9 Å². The van der Waals surface area contributed by atoms with Gasteiger partial charge >= 0.3 is 12.3 Å². The van der Waals surface area contributed by atoms with Gasteiger partial charge in [0.15, 0.2) is 5.82 Å². The molecule has 0 radical (unpaired) electrons. The molecule has 2 aromatic heterocycles. The second-order valence-electron chi connectivity index (χ2n) is 18.0. The van der Waals surface area contributed by atoms with Gasteiger partial charge in [0.2, 0.25) is 27.4 Å². The van der Waals surface area contributed by atoms with E-state index in [0.29, 0.717) is 80.6 Å². The maximum atomic E-state index is 15.1. The lowest BCUT2D eigenvalue weighted by molar-refractivity contribution is -0.244. The number of benzene rings is 1. The van der Waals surface area contributed by atoms with E-state index in [9.17, 15) is 36.0 Å². The molecule has 4 aliphatic rings. The summed E-state index contributed by atoms with van der Waals surface area (Å²) in [6.45, 7) is 6.47. The quantitative estimate of drug-likeness (QED) is 0.218. The van der Waals surface area contributed by atoms with Gasteiger partial charge in [-0.3, -0.25) is 19.1 Å². The van der Waals surface area contributed by atoms with Crippen LogP contribution in [0.5, 0.6) is 11.5 Å². The summed E-state index contributed by atoms with van der Waals surface area (Å²) in [7, 11) is -2.59. The molecule has 0 bridgehead atoms. The molecule has 0 spiro atoms. The number of carbonyl (C=O) groups is 4. The van der Waals surface area contributed by atoms with Crippen LogP contribution >= 0.6 is 0 Å². The molecule has 342 valence electrons. The number of amides is 4. The van der Waals surface area contributed by atoms with Crippen molar-refractivity contribution in [3.05, 3.63) is 54.9 Å². The highest BCUT2D eigenvalue weighted by molar-refractivity contribution is 7.91. The number of fused-ring (bicyclic) bond motifs is 3. The molecule has 1 unspecified atom stereocenters. The Balaban J connectivity index is 1.27. The highest BCUT2D eigenvalue weighted by atomic mass is 32.2. The molecule has 16 nitrogen and oxygen atoms in total. The third kappa shape index (κ3) is 9.31. The second kappa shape index (κ2) is 17.0. The molecule has 2 saturated carbocycles. The van der Waals surface area contributed by atoms with E-state index in [1.165, 1.54) is 23.6 Å². The summed E-state index contributed by atoms with van der Waals surface area (Å²) < 4.78 is 87.8. The third-order valence-corrected chi connectivity index (χ3v) is 15.1. The number of allylic oxidation sites excluding steroid dienone is 1. The molecule has 3 aromatic rings. The molecule has 2 aliphatic carbocycles. The summed E-state index contributed by atoms with van der Waals surface area (Å²) in [6.07, 6.45) is 2.19. The fraction of sp³-hybridized carbons (Fsp3) is 0.581. The van der Waals surface area contributed by atoms with E-state index in [1.54, 1.807) is 55.7 Å². The number of hydrogen-bond acceptors (Lipinski definition) is 11. The van der Waals surface area contributed by atoms with Crippen molar-refractivity contribution >= 4 is 44.7 Å². The molecule has 7 rings (SSSR count). The van der Waals surface area contributed by atoms with Gasteiger partial charge in [-0.25, -0.2) is 22.9 Å². The van der Waals surface area contributed by atoms with Crippen LogP contribution in [0.1, 0.15) is 86.0 Å². The fourth-order valence-corrected chi connectivity index (χ4v) is 9.66. The summed E-state index contributed by atoms with van der Waals surface area (Å²) in [6, 6.07) is 5.75. The molecule has 4 amide bonds. The summed E-state index contributed by atoms with van der Waals surface area (Å²) >= 11 is 0. The number of alkyl halides is 3. The zero-order valence-electron chi connectivity index (χ0n) is 36.0. The molecule has 2 aliphatic heterocycles. The molecule has 3 fully saturated rings. The van der Waals surface area contributed by atoms with E-state index in [4.69, 9.17) is 19.2 Å². The van der Waals surface area contributed by atoms with Crippen molar-refractivity contribution in [1.29, 1.82) is 0 Å². The van der Waals surface area contributed by atoms with Crippen LogP contribution in [0.15, 0.2) is 54.9 Å². The first-order chi connectivity index (χ1) is 29.6. The normalized spacial score (nSPS) is 28.0. The predicted octanol–water partition coefficient (Wildman–Crippen LogP) is 5.49. The van der Waals surface area contributed by atoms with Gasteiger partial charge < -0.3 is 29.7 Å². The summed E-state index contributed by atoms with van der Waals surface area (Å²) in [5.74, 6) is -2.44. The molecular weight excluding hydrogens is 848 g/mol. The van der Waals surface area contributed by atoms with Crippen molar-refractivity contribution in [3.8, 4) is 17.3 Å². The molecule has 7 atom stereocenters. The lowest BCUT2D eigenvalue weighted by Crippen LogP contribution is -2.60. The molecular formula is C43H54F3N7O9S. The maximum Gasteiger partial charge on any atom is 0.427 e. The zero-order valence-corrected chi connectivity index (χ0v) is 36.8. The lowest BCUT2D eigenvalue weighted by Gasteiger charge is -2.35. The molecule has 20 heteroatoms. The van der Waals surface area contributed by atoms with Crippen LogP contribution in [0.3, 0.4) is 0 Å². The first-order valence-corrected chi connectivity index (χ1v) is 22.7. The number of methoxy groups -OCH3 is 1. The van der Waals surface area contributed by atoms with Crippen molar-refractivity contribution in [2.45, 2.75) is 126 Å². The average Bonchev–Trinajstić information content (AvgIpc) is 3.97. The average molecular weight is 902 g/mol. The topological polar surface area (TPSA) is 200 Å². The van der Waals surface area contributed by atoms with Crippen LogP contribution in [0.25, 0.3) is 16.7 Å². The summed E-state index contributed by atoms with van der Waals surface area (Å²) in [4.78, 5) is 63.2. The minimum atomic E-state index is -4.93. The standard InChI is InChI=1S/C43H54F3N7O9S/c1-7-26-19-25(2)11-8-9-12-27-23-42(27,38(56)51-63(58,59)41(5)15-16-41)50-36(54)32-21-29(24-52(32)37(55)35(26)49-39(57)62-40(3,4)43(44,45)46)61-33-22-34(53-18-10-17-47-53)48-31-20-28(60-6)13-14-30(31)33/h9-10,12-14,17-18,20,22,25-27,29,32,35H,7-8,11,15-16,19,21,23-24H2,1-6H3,(H,49,57)(H,50,54)(H,51,56)/b12-9-/t25-,26-,27-,29-,32?,35+,42-/m1/s1. The predicted molar refractivity (Wildman–Crippen MR) is 223 cm³/mol. The monoisotopic (exact) mass is 901 g/mol. The Hall–Kier alpha value is -5.40. The first kappa shape index (κ1) is 45.6. The number of rotatable bonds is 10. The number of halogens is 3. The van der Waals surface area contributed by atoms with E-state index in [1.807, 2.05) is 13.0 Å².